The van der Waals surface area contributed by atoms with Gasteiger partial charge in [-0.2, -0.15) is 0 Å². The van der Waals surface area contributed by atoms with Crippen molar-refractivity contribution in [2.24, 2.45) is 4.99 Å². The summed E-state index contributed by atoms with van der Waals surface area (Å²) in [5, 5.41) is 1.14. The highest BCUT2D eigenvalue weighted by atomic mass is 32.2. The van der Waals surface area contributed by atoms with Gasteiger partial charge in [0.1, 0.15) is 0 Å². The van der Waals surface area contributed by atoms with E-state index in [-0.39, 0.29) is 6.04 Å². The predicted molar refractivity (Wildman–Crippen MR) is 119 cm³/mol. The van der Waals surface area contributed by atoms with E-state index in [4.69, 9.17) is 4.99 Å². The van der Waals surface area contributed by atoms with E-state index in [9.17, 15) is 0 Å². The average Bonchev–Trinajstić information content (AvgIpc) is 3.11. The first kappa shape index (κ1) is 17.3. The molecule has 2 heterocycles. The third-order valence-electron chi connectivity index (χ3n) is 5.36. The van der Waals surface area contributed by atoms with E-state index in [1.807, 2.05) is 11.8 Å². The number of hydrogen-bond donors (Lipinski definition) is 0. The van der Waals surface area contributed by atoms with Crippen LogP contribution in [0, 0.1) is 0 Å². The highest BCUT2D eigenvalue weighted by Gasteiger charge is 2.39. The quantitative estimate of drug-likeness (QED) is 0.558. The molecule has 2 aliphatic rings. The molecule has 0 aliphatic carbocycles. The summed E-state index contributed by atoms with van der Waals surface area (Å²) in [5.74, 6) is 0. The molecule has 2 aliphatic heterocycles. The number of benzene rings is 3. The number of aliphatic imine (C=N–C) groups is 1. The van der Waals surface area contributed by atoms with Gasteiger partial charge in [-0.3, -0.25) is 4.99 Å². The lowest BCUT2D eigenvalue weighted by Gasteiger charge is -2.33. The molecule has 28 heavy (non-hydrogen) atoms. The second kappa shape index (κ2) is 7.69. The van der Waals surface area contributed by atoms with Gasteiger partial charge in [-0.1, -0.05) is 96.7 Å². The maximum Gasteiger partial charge on any atom is 0.165 e. The summed E-state index contributed by atoms with van der Waals surface area (Å²) in [6.45, 7) is 1.75. The monoisotopic (exact) mass is 382 g/mol. The molecule has 3 heteroatoms. The van der Waals surface area contributed by atoms with Gasteiger partial charge in [0.05, 0.1) is 12.6 Å². The lowest BCUT2D eigenvalue weighted by atomic mass is 9.92. The standard InChI is InChI=1S/C25H22N2S/c1-3-9-19(10-4-1)17-23-24-22-14-8-7-13-21(22)15-16-27(24)25(28-23)26-18-20-11-5-2-6-12-20/h1-14,17,24H,15-16,18H2/b23-17-,26-25?. The molecule has 3 aromatic rings. The summed E-state index contributed by atoms with van der Waals surface area (Å²) < 4.78 is 0. The fourth-order valence-corrected chi connectivity index (χ4v) is 5.20. The lowest BCUT2D eigenvalue weighted by Crippen LogP contribution is -2.34. The van der Waals surface area contributed by atoms with E-state index in [0.29, 0.717) is 0 Å². The highest BCUT2D eigenvalue weighted by Crippen LogP contribution is 2.48. The first-order valence-corrected chi connectivity index (χ1v) is 10.6. The van der Waals surface area contributed by atoms with Crippen LogP contribution in [-0.4, -0.2) is 16.6 Å². The van der Waals surface area contributed by atoms with Gasteiger partial charge in [-0.25, -0.2) is 0 Å². The molecule has 0 N–H and O–H groups in total. The topological polar surface area (TPSA) is 15.6 Å². The Morgan fingerprint density at radius 1 is 0.893 bits per heavy atom. The number of thioether (sulfide) groups is 1. The van der Waals surface area contributed by atoms with Gasteiger partial charge in [0.2, 0.25) is 0 Å². The maximum absolute atomic E-state index is 5.01. The van der Waals surface area contributed by atoms with Crippen LogP contribution in [0.2, 0.25) is 0 Å². The van der Waals surface area contributed by atoms with E-state index in [2.05, 4.69) is 95.9 Å². The van der Waals surface area contributed by atoms with Crippen LogP contribution in [0.3, 0.4) is 0 Å². The van der Waals surface area contributed by atoms with Crippen LogP contribution in [0.15, 0.2) is 94.8 Å². The lowest BCUT2D eigenvalue weighted by molar-refractivity contribution is 0.357. The average molecular weight is 383 g/mol. The molecule has 2 nitrogen and oxygen atoms in total. The number of nitrogens with zero attached hydrogens (tertiary/aromatic N) is 2. The molecule has 0 aromatic heterocycles. The molecular weight excluding hydrogens is 360 g/mol. The van der Waals surface area contributed by atoms with Crippen molar-refractivity contribution >= 4 is 23.0 Å². The van der Waals surface area contributed by atoms with Crippen LogP contribution in [0.4, 0.5) is 0 Å². The van der Waals surface area contributed by atoms with E-state index < -0.39 is 0 Å². The highest BCUT2D eigenvalue weighted by molar-refractivity contribution is 8.17. The van der Waals surface area contributed by atoms with Gasteiger partial charge in [-0.15, -0.1) is 0 Å². The Kier molecular flexibility index (Phi) is 4.76. The largest absolute Gasteiger partial charge is 0.339 e. The second-order valence-electron chi connectivity index (χ2n) is 7.19. The van der Waals surface area contributed by atoms with Crippen LogP contribution in [0.1, 0.15) is 28.3 Å². The second-order valence-corrected chi connectivity index (χ2v) is 8.23. The molecule has 0 saturated carbocycles. The predicted octanol–water partition coefficient (Wildman–Crippen LogP) is 5.93. The summed E-state index contributed by atoms with van der Waals surface area (Å²) in [6.07, 6.45) is 3.41. The maximum atomic E-state index is 5.01. The summed E-state index contributed by atoms with van der Waals surface area (Å²) in [7, 11) is 0. The molecule has 0 radical (unpaired) electrons. The molecule has 0 bridgehead atoms. The Hall–Kier alpha value is -2.78. The van der Waals surface area contributed by atoms with Crippen molar-refractivity contribution in [3.63, 3.8) is 0 Å². The van der Waals surface area contributed by atoms with Crippen molar-refractivity contribution in [3.05, 3.63) is 112 Å². The van der Waals surface area contributed by atoms with Gasteiger partial charge < -0.3 is 4.90 Å². The van der Waals surface area contributed by atoms with Crippen LogP contribution in [0.25, 0.3) is 6.08 Å². The number of amidine groups is 1. The molecule has 1 atom stereocenters. The Morgan fingerprint density at radius 3 is 2.43 bits per heavy atom. The summed E-state index contributed by atoms with van der Waals surface area (Å²) in [4.78, 5) is 8.86. The summed E-state index contributed by atoms with van der Waals surface area (Å²) >= 11 is 1.83. The van der Waals surface area contributed by atoms with Gasteiger partial charge in [0, 0.05) is 11.4 Å². The first-order valence-electron chi connectivity index (χ1n) is 9.76. The zero-order valence-corrected chi connectivity index (χ0v) is 16.5. The molecule has 1 fully saturated rings. The molecular formula is C25H22N2S. The van der Waals surface area contributed by atoms with E-state index in [1.54, 1.807) is 0 Å². The van der Waals surface area contributed by atoms with Crippen LogP contribution < -0.4 is 0 Å². The first-order chi connectivity index (χ1) is 13.9. The van der Waals surface area contributed by atoms with Gasteiger partial charge in [0.25, 0.3) is 0 Å². The minimum Gasteiger partial charge on any atom is -0.339 e. The van der Waals surface area contributed by atoms with E-state index in [1.165, 1.54) is 27.2 Å². The van der Waals surface area contributed by atoms with E-state index >= 15 is 0 Å². The zero-order chi connectivity index (χ0) is 18.8. The SMILES string of the molecule is C(=C1/SC(=NCc2ccccc2)N2CCc3ccccc3C12)/c1ccccc1. The normalized spacial score (nSPS) is 21.0. The summed E-state index contributed by atoms with van der Waals surface area (Å²) in [5.41, 5.74) is 5.39. The van der Waals surface area contributed by atoms with Crippen molar-refractivity contribution in [1.29, 1.82) is 0 Å². The zero-order valence-electron chi connectivity index (χ0n) is 15.7. The molecule has 0 amide bonds. The van der Waals surface area contributed by atoms with Crippen LogP contribution in [0.5, 0.6) is 0 Å². The number of hydrogen-bond acceptors (Lipinski definition) is 2. The molecule has 1 unspecified atom stereocenters. The molecule has 5 rings (SSSR count). The van der Waals surface area contributed by atoms with Crippen LogP contribution >= 0.6 is 11.8 Å². The van der Waals surface area contributed by atoms with Crippen molar-refractivity contribution < 1.29 is 0 Å². The third kappa shape index (κ3) is 3.38. The van der Waals surface area contributed by atoms with Crippen LogP contribution in [-0.2, 0) is 13.0 Å². The Labute approximate surface area is 170 Å². The Morgan fingerprint density at radius 2 is 1.61 bits per heavy atom. The van der Waals surface area contributed by atoms with Crippen molar-refractivity contribution in [2.45, 2.75) is 19.0 Å². The summed E-state index contributed by atoms with van der Waals surface area (Å²) in [6, 6.07) is 30.3. The Bertz CT molecular complexity index is 1020. The fourth-order valence-electron chi connectivity index (χ4n) is 3.99. The smallest absolute Gasteiger partial charge is 0.165 e. The van der Waals surface area contributed by atoms with Crippen molar-refractivity contribution in [2.75, 3.05) is 6.54 Å². The van der Waals surface area contributed by atoms with Gasteiger partial charge in [0.15, 0.2) is 5.17 Å². The fraction of sp³-hybridized carbons (Fsp3) is 0.160. The number of rotatable bonds is 3. The molecule has 138 valence electrons. The minimum atomic E-state index is 0.282. The molecule has 3 aromatic carbocycles. The minimum absolute atomic E-state index is 0.282. The molecule has 0 spiro atoms. The number of fused-ring (bicyclic) bond motifs is 3. The third-order valence-corrected chi connectivity index (χ3v) is 6.48. The van der Waals surface area contributed by atoms with Crippen molar-refractivity contribution in [1.82, 2.24) is 4.90 Å². The Balaban J connectivity index is 1.53. The van der Waals surface area contributed by atoms with Gasteiger partial charge in [-0.05, 0) is 34.8 Å². The van der Waals surface area contributed by atoms with Crippen molar-refractivity contribution in [3.8, 4) is 0 Å². The van der Waals surface area contributed by atoms with Gasteiger partial charge >= 0.3 is 0 Å². The molecule has 1 saturated heterocycles. The van der Waals surface area contributed by atoms with E-state index in [0.717, 1.165) is 24.7 Å².